The van der Waals surface area contributed by atoms with Crippen LogP contribution >= 0.6 is 0 Å². The summed E-state index contributed by atoms with van der Waals surface area (Å²) in [6.07, 6.45) is 1.61. The van der Waals surface area contributed by atoms with Crippen LogP contribution in [-0.2, 0) is 0 Å². The number of hydrogen-bond donors (Lipinski definition) is 3. The number of rotatable bonds is 2. The number of benzene rings is 1. The lowest BCUT2D eigenvalue weighted by Crippen LogP contribution is -2.33. The molecule has 2 atom stereocenters. The van der Waals surface area contributed by atoms with Gasteiger partial charge in [0.1, 0.15) is 0 Å². The first kappa shape index (κ1) is 11.5. The molecule has 1 aromatic heterocycles. The second kappa shape index (κ2) is 4.59. The first-order chi connectivity index (χ1) is 8.74. The molecule has 0 aliphatic carbocycles. The van der Waals surface area contributed by atoms with Crippen LogP contribution in [0.2, 0.25) is 0 Å². The van der Waals surface area contributed by atoms with Gasteiger partial charge in [0.05, 0.1) is 11.6 Å². The van der Waals surface area contributed by atoms with Gasteiger partial charge in [-0.3, -0.25) is 4.98 Å². The fraction of sp³-hybridized carbons (Fsp3) is 0.462. The molecule has 0 bridgehead atoms. The van der Waals surface area contributed by atoms with Crippen LogP contribution in [0, 0.1) is 5.92 Å². The Balaban J connectivity index is 1.90. The summed E-state index contributed by atoms with van der Waals surface area (Å²) < 4.78 is 4.94. The van der Waals surface area contributed by atoms with Gasteiger partial charge in [0.15, 0.2) is 5.58 Å². The maximum Gasteiger partial charge on any atom is 0.417 e. The summed E-state index contributed by atoms with van der Waals surface area (Å²) in [5.41, 5.74) is 1.99. The Morgan fingerprint density at radius 3 is 3.11 bits per heavy atom. The summed E-state index contributed by atoms with van der Waals surface area (Å²) in [6.45, 7) is 1.86. The van der Waals surface area contributed by atoms with Gasteiger partial charge in [-0.05, 0) is 37.1 Å². The van der Waals surface area contributed by atoms with Crippen LogP contribution in [0.4, 0.5) is 0 Å². The van der Waals surface area contributed by atoms with Gasteiger partial charge in [-0.15, -0.1) is 0 Å². The number of nitrogens with one attached hydrogen (secondary N) is 2. The first-order valence-electron chi connectivity index (χ1n) is 6.25. The topological polar surface area (TPSA) is 78.3 Å². The van der Waals surface area contributed by atoms with Crippen molar-refractivity contribution in [1.82, 2.24) is 10.3 Å². The molecule has 0 amide bonds. The molecule has 2 heterocycles. The Bertz CT molecular complexity index is 596. The highest BCUT2D eigenvalue weighted by Crippen LogP contribution is 2.28. The van der Waals surface area contributed by atoms with Gasteiger partial charge < -0.3 is 14.8 Å². The van der Waals surface area contributed by atoms with E-state index in [0.29, 0.717) is 11.1 Å². The summed E-state index contributed by atoms with van der Waals surface area (Å²) >= 11 is 0. The average Bonchev–Trinajstić information content (AvgIpc) is 2.78. The molecule has 5 heteroatoms. The van der Waals surface area contributed by atoms with Crippen molar-refractivity contribution in [1.29, 1.82) is 0 Å². The molecule has 18 heavy (non-hydrogen) atoms. The lowest BCUT2D eigenvalue weighted by Gasteiger charge is -2.27. The molecule has 96 valence electrons. The highest BCUT2D eigenvalue weighted by atomic mass is 16.4. The normalized spacial score (nSPS) is 22.2. The number of aliphatic hydroxyl groups is 1. The number of oxazole rings is 1. The van der Waals surface area contributed by atoms with Crippen LogP contribution in [0.3, 0.4) is 0 Å². The summed E-state index contributed by atoms with van der Waals surface area (Å²) in [4.78, 5) is 13.7. The zero-order chi connectivity index (χ0) is 12.5. The molecule has 0 radical (unpaired) electrons. The highest BCUT2D eigenvalue weighted by Gasteiger charge is 2.23. The Hall–Kier alpha value is -1.59. The smallest absolute Gasteiger partial charge is 0.408 e. The van der Waals surface area contributed by atoms with E-state index < -0.39 is 11.9 Å². The molecule has 3 N–H and O–H groups in total. The molecule has 1 fully saturated rings. The van der Waals surface area contributed by atoms with Crippen molar-refractivity contribution >= 4 is 11.1 Å². The van der Waals surface area contributed by atoms with Crippen molar-refractivity contribution in [3.8, 4) is 0 Å². The molecule has 1 aliphatic heterocycles. The number of fused-ring (bicyclic) bond motifs is 1. The summed E-state index contributed by atoms with van der Waals surface area (Å²) in [6, 6.07) is 5.33. The number of aromatic nitrogens is 1. The van der Waals surface area contributed by atoms with E-state index in [1.54, 1.807) is 12.1 Å². The maximum atomic E-state index is 11.1. The SMILES string of the molecule is O=c1[nH]c2cc(C(O)C3CCCNC3)ccc2o1. The van der Waals surface area contributed by atoms with Crippen LogP contribution in [0.5, 0.6) is 0 Å². The predicted octanol–water partition coefficient (Wildman–Crippen LogP) is 1.15. The number of aliphatic hydroxyl groups excluding tert-OH is 1. The van der Waals surface area contributed by atoms with Gasteiger partial charge in [0.25, 0.3) is 0 Å². The minimum Gasteiger partial charge on any atom is -0.408 e. The molecule has 1 aliphatic rings. The fourth-order valence-electron chi connectivity index (χ4n) is 2.57. The molecular formula is C13H16N2O3. The Labute approximate surface area is 104 Å². The van der Waals surface area contributed by atoms with Gasteiger partial charge in [-0.25, -0.2) is 4.79 Å². The zero-order valence-electron chi connectivity index (χ0n) is 9.98. The van der Waals surface area contributed by atoms with E-state index in [2.05, 4.69) is 10.3 Å². The van der Waals surface area contributed by atoms with Crippen molar-refractivity contribution in [2.45, 2.75) is 18.9 Å². The molecular weight excluding hydrogens is 232 g/mol. The van der Waals surface area contributed by atoms with Crippen LogP contribution in [0.15, 0.2) is 27.4 Å². The van der Waals surface area contributed by atoms with Crippen molar-refractivity contribution in [2.75, 3.05) is 13.1 Å². The second-order valence-corrected chi connectivity index (χ2v) is 4.82. The summed E-state index contributed by atoms with van der Waals surface area (Å²) in [7, 11) is 0. The molecule has 2 aromatic rings. The largest absolute Gasteiger partial charge is 0.417 e. The van der Waals surface area contributed by atoms with E-state index in [0.717, 1.165) is 31.5 Å². The number of hydrogen-bond acceptors (Lipinski definition) is 4. The van der Waals surface area contributed by atoms with E-state index >= 15 is 0 Å². The van der Waals surface area contributed by atoms with Gasteiger partial charge in [0.2, 0.25) is 0 Å². The second-order valence-electron chi connectivity index (χ2n) is 4.82. The molecule has 1 saturated heterocycles. The van der Waals surface area contributed by atoms with E-state index in [-0.39, 0.29) is 5.92 Å². The van der Waals surface area contributed by atoms with Crippen molar-refractivity contribution in [3.05, 3.63) is 34.3 Å². The highest BCUT2D eigenvalue weighted by molar-refractivity contribution is 5.72. The minimum absolute atomic E-state index is 0.231. The average molecular weight is 248 g/mol. The molecule has 0 saturated carbocycles. The van der Waals surface area contributed by atoms with Crippen molar-refractivity contribution in [2.24, 2.45) is 5.92 Å². The summed E-state index contributed by atoms with van der Waals surface area (Å²) in [5, 5.41) is 13.6. The van der Waals surface area contributed by atoms with E-state index in [1.807, 2.05) is 6.07 Å². The Morgan fingerprint density at radius 1 is 1.44 bits per heavy atom. The number of H-pyrrole nitrogens is 1. The van der Waals surface area contributed by atoms with Crippen LogP contribution in [-0.4, -0.2) is 23.2 Å². The Morgan fingerprint density at radius 2 is 2.33 bits per heavy atom. The third kappa shape index (κ3) is 2.07. The summed E-state index contributed by atoms with van der Waals surface area (Å²) in [5.74, 6) is -0.231. The molecule has 2 unspecified atom stereocenters. The number of piperidine rings is 1. The van der Waals surface area contributed by atoms with Gasteiger partial charge in [0, 0.05) is 12.5 Å². The minimum atomic E-state index is -0.499. The monoisotopic (exact) mass is 248 g/mol. The maximum absolute atomic E-state index is 11.1. The third-order valence-corrected chi connectivity index (χ3v) is 3.57. The van der Waals surface area contributed by atoms with E-state index in [4.69, 9.17) is 4.42 Å². The number of aromatic amines is 1. The van der Waals surface area contributed by atoms with E-state index in [9.17, 15) is 9.90 Å². The third-order valence-electron chi connectivity index (χ3n) is 3.57. The predicted molar refractivity (Wildman–Crippen MR) is 67.4 cm³/mol. The first-order valence-corrected chi connectivity index (χ1v) is 6.25. The van der Waals surface area contributed by atoms with Crippen LogP contribution in [0.25, 0.3) is 11.1 Å². The standard InChI is InChI=1S/C13H16N2O3/c16-12(9-2-1-5-14-7-9)8-3-4-11-10(6-8)15-13(17)18-11/h3-4,6,9,12,14,16H,1-2,5,7H2,(H,15,17). The molecule has 1 aromatic carbocycles. The fourth-order valence-corrected chi connectivity index (χ4v) is 2.57. The van der Waals surface area contributed by atoms with Crippen molar-refractivity contribution in [3.63, 3.8) is 0 Å². The zero-order valence-corrected chi connectivity index (χ0v) is 9.98. The van der Waals surface area contributed by atoms with Gasteiger partial charge in [-0.2, -0.15) is 0 Å². The Kier molecular flexibility index (Phi) is 2.93. The lowest BCUT2D eigenvalue weighted by atomic mass is 9.89. The molecule has 5 nitrogen and oxygen atoms in total. The van der Waals surface area contributed by atoms with Crippen LogP contribution < -0.4 is 11.1 Å². The van der Waals surface area contributed by atoms with E-state index in [1.165, 1.54) is 0 Å². The quantitative estimate of drug-likeness (QED) is 0.745. The lowest BCUT2D eigenvalue weighted by molar-refractivity contribution is 0.0923. The molecule has 0 spiro atoms. The van der Waals surface area contributed by atoms with Crippen molar-refractivity contribution < 1.29 is 9.52 Å². The van der Waals surface area contributed by atoms with Crippen LogP contribution in [0.1, 0.15) is 24.5 Å². The van der Waals surface area contributed by atoms with Gasteiger partial charge >= 0.3 is 5.76 Å². The molecule has 3 rings (SSSR count). The van der Waals surface area contributed by atoms with Gasteiger partial charge in [-0.1, -0.05) is 6.07 Å².